The molecule has 0 radical (unpaired) electrons. The van der Waals surface area contributed by atoms with Crippen molar-refractivity contribution in [3.63, 3.8) is 0 Å². The van der Waals surface area contributed by atoms with E-state index in [9.17, 15) is 14.7 Å². The molecular weight excluding hydrogens is 626 g/mol. The van der Waals surface area contributed by atoms with Crippen molar-refractivity contribution >= 4 is 66.5 Å². The molecule has 0 saturated carbocycles. The van der Waals surface area contributed by atoms with E-state index in [4.69, 9.17) is 16.3 Å². The van der Waals surface area contributed by atoms with Gasteiger partial charge in [0.25, 0.3) is 5.56 Å². The van der Waals surface area contributed by atoms with Gasteiger partial charge in [-0.2, -0.15) is 9.78 Å². The summed E-state index contributed by atoms with van der Waals surface area (Å²) in [7, 11) is 0. The van der Waals surface area contributed by atoms with Crippen LogP contribution < -0.4 is 10.3 Å². The maximum absolute atomic E-state index is 13.3. The Morgan fingerprint density at radius 2 is 2.00 bits per heavy atom. The van der Waals surface area contributed by atoms with E-state index < -0.39 is 5.97 Å². The minimum atomic E-state index is -1.00. The number of carboxylic acids is 1. The van der Waals surface area contributed by atoms with Crippen molar-refractivity contribution in [1.29, 1.82) is 0 Å². The highest BCUT2D eigenvalue weighted by Crippen LogP contribution is 2.35. The van der Waals surface area contributed by atoms with Crippen LogP contribution in [0, 0.1) is 0 Å². The van der Waals surface area contributed by atoms with Gasteiger partial charge in [-0.05, 0) is 75.9 Å². The molecule has 0 saturated heterocycles. The van der Waals surface area contributed by atoms with Crippen molar-refractivity contribution in [2.24, 2.45) is 5.10 Å². The van der Waals surface area contributed by atoms with E-state index in [0.717, 1.165) is 17.3 Å². The third-order valence-corrected chi connectivity index (χ3v) is 6.89. The van der Waals surface area contributed by atoms with Crippen LogP contribution >= 0.6 is 43.5 Å². The number of aryl methyl sites for hydroxylation is 1. The van der Waals surface area contributed by atoms with E-state index >= 15 is 0 Å². The second-order valence-corrected chi connectivity index (χ2v) is 10.4. The average Bonchev–Trinajstić information content (AvgIpc) is 2.87. The van der Waals surface area contributed by atoms with Crippen molar-refractivity contribution in [2.45, 2.75) is 32.8 Å². The first-order valence-corrected chi connectivity index (χ1v) is 13.4. The third-order valence-electron chi connectivity index (χ3n) is 5.53. The number of unbranched alkanes of at least 4 members (excludes halogenated alkanes) is 1. The molecule has 0 amide bonds. The molecule has 0 aliphatic carbocycles. The van der Waals surface area contributed by atoms with Gasteiger partial charge in [-0.3, -0.25) is 4.79 Å². The summed E-state index contributed by atoms with van der Waals surface area (Å²) in [6, 6.07) is 15.4. The van der Waals surface area contributed by atoms with Crippen molar-refractivity contribution in [1.82, 2.24) is 9.66 Å². The van der Waals surface area contributed by atoms with Crippen LogP contribution in [0.1, 0.15) is 47.1 Å². The highest BCUT2D eigenvalue weighted by Gasteiger charge is 2.13. The zero-order valence-corrected chi connectivity index (χ0v) is 23.7. The second-order valence-electron chi connectivity index (χ2n) is 8.26. The molecule has 0 atom stereocenters. The van der Waals surface area contributed by atoms with Crippen LogP contribution in [0.15, 0.2) is 73.4 Å². The number of halogens is 3. The number of hydrogen-bond acceptors (Lipinski definition) is 5. The number of aromatic carboxylic acids is 1. The fourth-order valence-electron chi connectivity index (χ4n) is 3.68. The number of fused-ring (bicyclic) bond motifs is 1. The van der Waals surface area contributed by atoms with E-state index in [0.29, 0.717) is 49.5 Å². The van der Waals surface area contributed by atoms with Crippen molar-refractivity contribution in [3.05, 3.63) is 101 Å². The molecule has 37 heavy (non-hydrogen) atoms. The Kier molecular flexibility index (Phi) is 8.79. The molecule has 1 heterocycles. The highest BCUT2D eigenvalue weighted by molar-refractivity contribution is 9.10. The standard InChI is InChI=1S/C27H22Br2ClN3O4/c1-2-3-7-24-32-23-9-8-19(28)13-20(23)26(34)33(24)31-14-17-11-21(29)25(22(30)12-17)37-15-16-5-4-6-18(10-16)27(35)36/h4-6,8-14H,2-3,7,15H2,1H3,(H,35,36). The van der Waals surface area contributed by atoms with Crippen molar-refractivity contribution in [2.75, 3.05) is 0 Å². The van der Waals surface area contributed by atoms with Crippen LogP contribution in [0.2, 0.25) is 5.02 Å². The van der Waals surface area contributed by atoms with Gasteiger partial charge in [-0.25, -0.2) is 9.78 Å². The van der Waals surface area contributed by atoms with Gasteiger partial charge >= 0.3 is 5.97 Å². The molecule has 0 bridgehead atoms. The number of hydrogen-bond donors (Lipinski definition) is 1. The van der Waals surface area contributed by atoms with Gasteiger partial charge in [0.15, 0.2) is 5.75 Å². The smallest absolute Gasteiger partial charge is 0.335 e. The Labute approximate surface area is 235 Å². The maximum atomic E-state index is 13.3. The number of carbonyl (C=O) groups is 1. The summed E-state index contributed by atoms with van der Waals surface area (Å²) in [5.41, 5.74) is 1.92. The molecule has 190 valence electrons. The maximum Gasteiger partial charge on any atom is 0.335 e. The average molecular weight is 648 g/mol. The van der Waals surface area contributed by atoms with Gasteiger partial charge in [0, 0.05) is 10.9 Å². The Morgan fingerprint density at radius 1 is 1.19 bits per heavy atom. The first kappa shape index (κ1) is 27.0. The van der Waals surface area contributed by atoms with E-state index in [1.807, 2.05) is 12.1 Å². The Morgan fingerprint density at radius 3 is 2.73 bits per heavy atom. The lowest BCUT2D eigenvalue weighted by atomic mass is 10.1. The molecule has 1 N–H and O–H groups in total. The fourth-order valence-corrected chi connectivity index (χ4v) is 5.03. The summed E-state index contributed by atoms with van der Waals surface area (Å²) in [6.07, 6.45) is 4.01. The molecule has 3 aromatic carbocycles. The number of benzene rings is 3. The minimum absolute atomic E-state index is 0.140. The highest BCUT2D eigenvalue weighted by atomic mass is 79.9. The van der Waals surface area contributed by atoms with E-state index in [-0.39, 0.29) is 17.7 Å². The van der Waals surface area contributed by atoms with E-state index in [2.05, 4.69) is 48.9 Å². The number of aromatic nitrogens is 2. The summed E-state index contributed by atoms with van der Waals surface area (Å²) in [4.78, 5) is 29.1. The van der Waals surface area contributed by atoms with Gasteiger partial charge in [-0.15, -0.1) is 0 Å². The largest absolute Gasteiger partial charge is 0.486 e. The number of nitrogens with zero attached hydrogens (tertiary/aromatic N) is 3. The van der Waals surface area contributed by atoms with Crippen LogP contribution in [0.25, 0.3) is 10.9 Å². The number of carboxylic acid groups (broad SMARTS) is 1. The summed E-state index contributed by atoms with van der Waals surface area (Å²) >= 11 is 13.4. The SMILES string of the molecule is CCCCc1nc2ccc(Br)cc2c(=O)n1N=Cc1cc(Cl)c(OCc2cccc(C(=O)O)c2)c(Br)c1. The van der Waals surface area contributed by atoms with Crippen molar-refractivity contribution in [3.8, 4) is 5.75 Å². The van der Waals surface area contributed by atoms with Crippen LogP contribution in [-0.2, 0) is 13.0 Å². The lowest BCUT2D eigenvalue weighted by Gasteiger charge is -2.12. The molecule has 4 rings (SSSR count). The fraction of sp³-hybridized carbons (Fsp3) is 0.185. The second kappa shape index (κ2) is 12.0. The molecule has 0 aliphatic rings. The lowest BCUT2D eigenvalue weighted by Crippen LogP contribution is -2.22. The van der Waals surface area contributed by atoms with Gasteiger partial charge in [0.1, 0.15) is 12.4 Å². The van der Waals surface area contributed by atoms with Crippen LogP contribution in [0.4, 0.5) is 0 Å². The Balaban J connectivity index is 1.62. The zero-order valence-electron chi connectivity index (χ0n) is 19.7. The molecular formula is C27H22Br2ClN3O4. The first-order valence-electron chi connectivity index (χ1n) is 11.5. The quantitative estimate of drug-likeness (QED) is 0.196. The zero-order chi connectivity index (χ0) is 26.5. The predicted octanol–water partition coefficient (Wildman–Crippen LogP) is 7.08. The molecule has 10 heteroatoms. The predicted molar refractivity (Wildman–Crippen MR) is 152 cm³/mol. The molecule has 4 aromatic rings. The van der Waals surface area contributed by atoms with Crippen LogP contribution in [-0.4, -0.2) is 27.0 Å². The van der Waals surface area contributed by atoms with Crippen LogP contribution in [0.5, 0.6) is 5.75 Å². The van der Waals surface area contributed by atoms with Crippen molar-refractivity contribution < 1.29 is 14.6 Å². The third kappa shape index (κ3) is 6.47. The molecule has 1 aromatic heterocycles. The Bertz CT molecular complexity index is 1550. The van der Waals surface area contributed by atoms with E-state index in [1.54, 1.807) is 42.6 Å². The van der Waals surface area contributed by atoms with Gasteiger partial charge in [0.2, 0.25) is 0 Å². The topological polar surface area (TPSA) is 93.8 Å². The summed E-state index contributed by atoms with van der Waals surface area (Å²) < 4.78 is 8.58. The molecule has 0 aliphatic heterocycles. The van der Waals surface area contributed by atoms with Crippen LogP contribution in [0.3, 0.4) is 0 Å². The normalized spacial score (nSPS) is 11.4. The Hall–Kier alpha value is -3.01. The number of ether oxygens (including phenoxy) is 1. The number of rotatable bonds is 9. The monoisotopic (exact) mass is 645 g/mol. The summed E-state index contributed by atoms with van der Waals surface area (Å²) in [5.74, 6) is 0.0000998. The summed E-state index contributed by atoms with van der Waals surface area (Å²) in [6.45, 7) is 2.22. The molecule has 0 fully saturated rings. The van der Waals surface area contributed by atoms with Gasteiger partial charge < -0.3 is 9.84 Å². The minimum Gasteiger partial charge on any atom is -0.486 e. The summed E-state index contributed by atoms with van der Waals surface area (Å²) in [5, 5.41) is 14.5. The van der Waals surface area contributed by atoms with E-state index in [1.165, 1.54) is 10.7 Å². The first-order chi connectivity index (χ1) is 17.8. The molecule has 0 unspecified atom stereocenters. The lowest BCUT2D eigenvalue weighted by molar-refractivity contribution is 0.0696. The van der Waals surface area contributed by atoms with Gasteiger partial charge in [0.05, 0.1) is 32.2 Å². The molecule has 0 spiro atoms. The van der Waals surface area contributed by atoms with Gasteiger partial charge in [-0.1, -0.05) is 53.0 Å². The molecule has 7 nitrogen and oxygen atoms in total.